The maximum absolute atomic E-state index is 13.3. The Bertz CT molecular complexity index is 1140. The Labute approximate surface area is 228 Å². The third-order valence-electron chi connectivity index (χ3n) is 9.38. The number of aliphatic hydroxyl groups excluding tert-OH is 2. The summed E-state index contributed by atoms with van der Waals surface area (Å²) >= 11 is 1.56. The molecule has 6 N–H and O–H groups in total. The molecule has 1 amide bonds. The van der Waals surface area contributed by atoms with E-state index >= 15 is 0 Å². The molecule has 208 valence electrons. The van der Waals surface area contributed by atoms with Crippen LogP contribution in [0, 0.1) is 16.7 Å². The highest BCUT2D eigenvalue weighted by molar-refractivity contribution is 7.15. The molecule has 3 aliphatic rings. The van der Waals surface area contributed by atoms with Crippen LogP contribution in [-0.2, 0) is 16.0 Å². The van der Waals surface area contributed by atoms with Gasteiger partial charge in [-0.3, -0.25) is 4.79 Å². The predicted octanol–water partition coefficient (Wildman–Crippen LogP) is 1.43. The number of benzene rings is 1. The van der Waals surface area contributed by atoms with Gasteiger partial charge in [-0.1, -0.05) is 19.9 Å². The number of amides is 1. The number of aliphatic hydroxyl groups is 2. The summed E-state index contributed by atoms with van der Waals surface area (Å²) in [5.74, 6) is 0.0843. The zero-order valence-electron chi connectivity index (χ0n) is 22.3. The number of thiazole rings is 1. The number of aromatic nitrogens is 1. The first-order valence-electron chi connectivity index (χ1n) is 13.8. The number of nitrogens with one attached hydrogen (secondary N) is 3. The lowest BCUT2D eigenvalue weighted by molar-refractivity contribution is -0.906. The highest BCUT2D eigenvalue weighted by Gasteiger charge is 2.59. The monoisotopic (exact) mass is 545 g/mol. The zero-order valence-corrected chi connectivity index (χ0v) is 23.1. The first-order valence-corrected chi connectivity index (χ1v) is 14.6. The van der Waals surface area contributed by atoms with Gasteiger partial charge in [0.05, 0.1) is 44.7 Å². The number of hydrogen-bond acceptors (Lipinski definition) is 8. The van der Waals surface area contributed by atoms with E-state index < -0.39 is 11.5 Å². The molecule has 5 rings (SSSR count). The SMILES string of the molecule is C[C@]1(CO)[C@H]2Cc3sc(Nc4cccc(O)c4)nc3[C@@H](CC(=O)NCC[NH+]3CCOCC3)[C@]2(C)CC[C@H]1O. The van der Waals surface area contributed by atoms with Crippen molar-refractivity contribution in [2.45, 2.75) is 51.6 Å². The minimum Gasteiger partial charge on any atom is -0.508 e. The Kier molecular flexibility index (Phi) is 7.98. The summed E-state index contributed by atoms with van der Waals surface area (Å²) in [6, 6.07) is 6.93. The summed E-state index contributed by atoms with van der Waals surface area (Å²) in [7, 11) is 0. The van der Waals surface area contributed by atoms with Gasteiger partial charge in [0.2, 0.25) is 5.91 Å². The number of fused-ring (bicyclic) bond motifs is 2. The van der Waals surface area contributed by atoms with Gasteiger partial charge in [-0.05, 0) is 42.7 Å². The fraction of sp³-hybridized carbons (Fsp3) is 0.643. The highest BCUT2D eigenvalue weighted by Crippen LogP contribution is 2.62. The van der Waals surface area contributed by atoms with E-state index in [-0.39, 0.29) is 35.5 Å². The standard InChI is InChI=1S/C28H40N4O5S/c1-27-7-6-23(35)28(2,17-33)22(27)16-21-25(31-26(38-21)30-18-4-3-5-19(34)14-18)20(27)15-24(36)29-8-9-32-10-12-37-13-11-32/h3-5,14,20,22-23,33-35H,6-13,15-17H2,1-2H3,(H,29,36)(H,30,31)/p+1/t20-,22+,23-,27+,28+/m1/s1. The highest BCUT2D eigenvalue weighted by atomic mass is 32.1. The predicted molar refractivity (Wildman–Crippen MR) is 146 cm³/mol. The number of carbonyl (C=O) groups excluding carboxylic acids is 1. The molecular weight excluding hydrogens is 504 g/mol. The lowest BCUT2D eigenvalue weighted by atomic mass is 9.47. The molecule has 0 unspecified atom stereocenters. The van der Waals surface area contributed by atoms with Crippen LogP contribution in [0.5, 0.6) is 5.75 Å². The van der Waals surface area contributed by atoms with Crippen molar-refractivity contribution in [3.8, 4) is 5.75 Å². The van der Waals surface area contributed by atoms with Crippen LogP contribution in [0.2, 0.25) is 0 Å². The Morgan fingerprint density at radius 2 is 2.08 bits per heavy atom. The number of phenols is 1. The van der Waals surface area contributed by atoms with Crippen LogP contribution >= 0.6 is 11.3 Å². The fourth-order valence-corrected chi connectivity index (χ4v) is 8.04. The molecule has 2 fully saturated rings. The quantitative estimate of drug-likeness (QED) is 0.296. The van der Waals surface area contributed by atoms with Crippen molar-refractivity contribution in [3.05, 3.63) is 34.8 Å². The molecule has 2 aromatic rings. The summed E-state index contributed by atoms with van der Waals surface area (Å²) in [6.45, 7) is 9.10. The average Bonchev–Trinajstić information content (AvgIpc) is 3.30. The Morgan fingerprint density at radius 1 is 1.29 bits per heavy atom. The summed E-state index contributed by atoms with van der Waals surface area (Å²) in [5.41, 5.74) is 0.756. The van der Waals surface area contributed by atoms with Gasteiger partial charge in [-0.15, -0.1) is 11.3 Å². The molecule has 5 atom stereocenters. The molecule has 1 aliphatic heterocycles. The third-order valence-corrected chi connectivity index (χ3v) is 10.4. The molecule has 0 bridgehead atoms. The topological polar surface area (TPSA) is 128 Å². The zero-order chi connectivity index (χ0) is 26.9. The summed E-state index contributed by atoms with van der Waals surface area (Å²) < 4.78 is 5.43. The molecule has 2 aliphatic carbocycles. The second-order valence-electron chi connectivity index (χ2n) is 11.7. The summed E-state index contributed by atoms with van der Waals surface area (Å²) in [6.07, 6.45) is 1.81. The van der Waals surface area contributed by atoms with Crippen LogP contribution in [0.1, 0.15) is 49.6 Å². The van der Waals surface area contributed by atoms with E-state index in [4.69, 9.17) is 9.72 Å². The Balaban J connectivity index is 1.39. The van der Waals surface area contributed by atoms with Crippen molar-refractivity contribution in [1.82, 2.24) is 10.3 Å². The van der Waals surface area contributed by atoms with Crippen LogP contribution < -0.4 is 15.5 Å². The molecule has 38 heavy (non-hydrogen) atoms. The molecule has 0 spiro atoms. The first kappa shape index (κ1) is 27.3. The van der Waals surface area contributed by atoms with Crippen LogP contribution in [0.15, 0.2) is 24.3 Å². The van der Waals surface area contributed by atoms with Gasteiger partial charge >= 0.3 is 0 Å². The molecule has 1 saturated carbocycles. The second-order valence-corrected chi connectivity index (χ2v) is 12.8. The van der Waals surface area contributed by atoms with Gasteiger partial charge in [0, 0.05) is 34.4 Å². The van der Waals surface area contributed by atoms with Gasteiger partial charge < -0.3 is 35.6 Å². The summed E-state index contributed by atoms with van der Waals surface area (Å²) in [4.78, 5) is 20.8. The Hall–Kier alpha value is -2.24. The van der Waals surface area contributed by atoms with Gasteiger partial charge in [0.1, 0.15) is 18.8 Å². The minimum absolute atomic E-state index is 0.0147. The van der Waals surface area contributed by atoms with Crippen molar-refractivity contribution >= 4 is 28.1 Å². The van der Waals surface area contributed by atoms with Crippen LogP contribution in [-0.4, -0.2) is 78.3 Å². The summed E-state index contributed by atoms with van der Waals surface area (Å²) in [5, 5.41) is 38.5. The van der Waals surface area contributed by atoms with Gasteiger partial charge in [-0.2, -0.15) is 0 Å². The maximum Gasteiger partial charge on any atom is 0.220 e. The molecule has 10 heteroatoms. The fourth-order valence-electron chi connectivity index (χ4n) is 6.95. The van der Waals surface area contributed by atoms with E-state index in [0.717, 1.165) is 60.7 Å². The average molecular weight is 546 g/mol. The van der Waals surface area contributed by atoms with Crippen molar-refractivity contribution in [3.63, 3.8) is 0 Å². The minimum atomic E-state index is -0.651. The van der Waals surface area contributed by atoms with E-state index in [1.54, 1.807) is 29.5 Å². The molecule has 1 saturated heterocycles. The number of hydrogen-bond donors (Lipinski definition) is 6. The number of anilines is 2. The van der Waals surface area contributed by atoms with Gasteiger partial charge in [0.15, 0.2) is 5.13 Å². The number of quaternary nitrogens is 1. The molecule has 9 nitrogen and oxygen atoms in total. The number of carbonyl (C=O) groups is 1. The molecule has 2 heterocycles. The van der Waals surface area contributed by atoms with Crippen LogP contribution in [0.25, 0.3) is 0 Å². The van der Waals surface area contributed by atoms with E-state index in [2.05, 4.69) is 17.6 Å². The van der Waals surface area contributed by atoms with Crippen LogP contribution in [0.3, 0.4) is 0 Å². The number of phenolic OH excluding ortho intramolecular Hbond substituents is 1. The maximum atomic E-state index is 13.3. The smallest absolute Gasteiger partial charge is 0.220 e. The van der Waals surface area contributed by atoms with Crippen molar-refractivity contribution in [2.24, 2.45) is 16.7 Å². The molecule has 0 radical (unpaired) electrons. The number of rotatable bonds is 8. The Morgan fingerprint density at radius 3 is 2.82 bits per heavy atom. The normalized spacial score (nSPS) is 31.3. The van der Waals surface area contributed by atoms with Gasteiger partial charge in [0.25, 0.3) is 0 Å². The first-order chi connectivity index (χ1) is 18.2. The lowest BCUT2D eigenvalue weighted by Crippen LogP contribution is -3.14. The van der Waals surface area contributed by atoms with E-state index in [1.165, 1.54) is 4.90 Å². The van der Waals surface area contributed by atoms with E-state index in [0.29, 0.717) is 25.8 Å². The number of morpholine rings is 1. The number of nitrogens with zero attached hydrogens (tertiary/aromatic N) is 1. The number of aromatic hydroxyl groups is 1. The van der Waals surface area contributed by atoms with Crippen molar-refractivity contribution in [1.29, 1.82) is 0 Å². The van der Waals surface area contributed by atoms with Gasteiger partial charge in [-0.25, -0.2) is 4.98 Å². The van der Waals surface area contributed by atoms with Crippen molar-refractivity contribution in [2.75, 3.05) is 51.3 Å². The number of ether oxygens (including phenoxy) is 1. The van der Waals surface area contributed by atoms with Crippen molar-refractivity contribution < 1.29 is 29.8 Å². The third kappa shape index (κ3) is 5.29. The van der Waals surface area contributed by atoms with Crippen LogP contribution in [0.4, 0.5) is 10.8 Å². The molecule has 1 aromatic heterocycles. The molecule has 1 aromatic carbocycles. The largest absolute Gasteiger partial charge is 0.508 e. The second kappa shape index (κ2) is 11.1. The van der Waals surface area contributed by atoms with E-state index in [1.807, 2.05) is 13.0 Å². The lowest BCUT2D eigenvalue weighted by Gasteiger charge is -2.58. The van der Waals surface area contributed by atoms with E-state index in [9.17, 15) is 20.1 Å². The molecular formula is C28H41N4O5S+.